The summed E-state index contributed by atoms with van der Waals surface area (Å²) in [5.41, 5.74) is -0.713. The van der Waals surface area contributed by atoms with Crippen molar-refractivity contribution in [3.8, 4) is 0 Å². The van der Waals surface area contributed by atoms with Crippen LogP contribution in [0.1, 0.15) is 32.6 Å². The highest BCUT2D eigenvalue weighted by molar-refractivity contribution is 6.06. The molecule has 3 rings (SSSR count). The standard InChI is InChI=1S/C15H26N4O2/c1-15(13(20)17-14(21)18-15)12-4-7-19(8-5-12)10-11-3-2-6-16-9-11/h11-12,16H,2-10H2,1H3,(H2,17,18,20,21). The second-order valence-electron chi connectivity index (χ2n) is 6.90. The van der Waals surface area contributed by atoms with Crippen LogP contribution in [-0.4, -0.2) is 55.1 Å². The van der Waals surface area contributed by atoms with Gasteiger partial charge in [0, 0.05) is 6.54 Å². The Balaban J connectivity index is 1.50. The summed E-state index contributed by atoms with van der Waals surface area (Å²) in [6, 6.07) is -0.349. The Kier molecular flexibility index (Phi) is 4.17. The fourth-order valence-electron chi connectivity index (χ4n) is 3.98. The molecule has 0 aromatic carbocycles. The highest BCUT2D eigenvalue weighted by atomic mass is 16.2. The predicted molar refractivity (Wildman–Crippen MR) is 79.8 cm³/mol. The quantitative estimate of drug-likeness (QED) is 0.655. The molecule has 3 saturated heterocycles. The monoisotopic (exact) mass is 294 g/mol. The average Bonchev–Trinajstić information content (AvgIpc) is 2.74. The first-order chi connectivity index (χ1) is 10.1. The van der Waals surface area contributed by atoms with Crippen LogP contribution in [0, 0.1) is 11.8 Å². The molecule has 3 N–H and O–H groups in total. The molecule has 3 aliphatic heterocycles. The minimum absolute atomic E-state index is 0.164. The number of nitrogens with one attached hydrogen (secondary N) is 3. The molecule has 21 heavy (non-hydrogen) atoms. The van der Waals surface area contributed by atoms with E-state index in [1.165, 1.54) is 12.8 Å². The molecule has 0 radical (unpaired) electrons. The van der Waals surface area contributed by atoms with Crippen LogP contribution in [0.15, 0.2) is 0 Å². The van der Waals surface area contributed by atoms with Crippen molar-refractivity contribution in [2.45, 2.75) is 38.1 Å². The maximum absolute atomic E-state index is 12.0. The predicted octanol–water partition coefficient (Wildman–Crippen LogP) is 0.296. The number of carbonyl (C=O) groups excluding carboxylic acids is 2. The van der Waals surface area contributed by atoms with Crippen molar-refractivity contribution in [1.82, 2.24) is 20.9 Å². The molecule has 0 saturated carbocycles. The van der Waals surface area contributed by atoms with Crippen LogP contribution in [-0.2, 0) is 4.79 Å². The Hall–Kier alpha value is -1.14. The Morgan fingerprint density at radius 3 is 2.57 bits per heavy atom. The molecule has 3 amide bonds. The Morgan fingerprint density at radius 1 is 1.24 bits per heavy atom. The third kappa shape index (κ3) is 3.06. The summed E-state index contributed by atoms with van der Waals surface area (Å²) in [5, 5.41) is 8.66. The zero-order chi connectivity index (χ0) is 14.9. The number of hydrogen-bond acceptors (Lipinski definition) is 4. The molecule has 0 aliphatic carbocycles. The summed E-state index contributed by atoms with van der Waals surface area (Å²) < 4.78 is 0. The average molecular weight is 294 g/mol. The highest BCUT2D eigenvalue weighted by Gasteiger charge is 2.48. The van der Waals surface area contributed by atoms with Crippen LogP contribution >= 0.6 is 0 Å². The molecular formula is C15H26N4O2. The molecule has 2 unspecified atom stereocenters. The fourth-order valence-corrected chi connectivity index (χ4v) is 3.98. The topological polar surface area (TPSA) is 73.5 Å². The SMILES string of the molecule is CC1(C2CCN(CC3CCCNC3)CC2)NC(=O)NC1=O. The summed E-state index contributed by atoms with van der Waals surface area (Å²) in [6.45, 7) is 7.37. The highest BCUT2D eigenvalue weighted by Crippen LogP contribution is 2.31. The zero-order valence-electron chi connectivity index (χ0n) is 12.8. The number of hydrogen-bond donors (Lipinski definition) is 3. The van der Waals surface area contributed by atoms with E-state index in [2.05, 4.69) is 20.9 Å². The number of carbonyl (C=O) groups is 2. The summed E-state index contributed by atoms with van der Waals surface area (Å²) >= 11 is 0. The first-order valence-electron chi connectivity index (χ1n) is 8.14. The van der Waals surface area contributed by atoms with Gasteiger partial charge in [0.2, 0.25) is 0 Å². The van der Waals surface area contributed by atoms with E-state index in [4.69, 9.17) is 0 Å². The van der Waals surface area contributed by atoms with E-state index in [0.717, 1.165) is 51.5 Å². The van der Waals surface area contributed by atoms with E-state index in [0.29, 0.717) is 0 Å². The molecular weight excluding hydrogens is 268 g/mol. The van der Waals surface area contributed by atoms with Crippen LogP contribution in [0.2, 0.25) is 0 Å². The number of imide groups is 1. The lowest BCUT2D eigenvalue weighted by atomic mass is 9.79. The molecule has 0 aromatic heterocycles. The van der Waals surface area contributed by atoms with Crippen molar-refractivity contribution in [1.29, 1.82) is 0 Å². The van der Waals surface area contributed by atoms with Gasteiger partial charge in [-0.3, -0.25) is 10.1 Å². The number of nitrogens with zero attached hydrogens (tertiary/aromatic N) is 1. The Bertz CT molecular complexity index is 414. The van der Waals surface area contributed by atoms with Crippen LogP contribution in [0.5, 0.6) is 0 Å². The smallest absolute Gasteiger partial charge is 0.322 e. The lowest BCUT2D eigenvalue weighted by Crippen LogP contribution is -2.54. The third-order valence-corrected chi connectivity index (χ3v) is 5.39. The number of amides is 3. The van der Waals surface area contributed by atoms with Gasteiger partial charge in [0.15, 0.2) is 0 Å². The first-order valence-corrected chi connectivity index (χ1v) is 8.14. The van der Waals surface area contributed by atoms with Crippen LogP contribution < -0.4 is 16.0 Å². The third-order valence-electron chi connectivity index (χ3n) is 5.39. The van der Waals surface area contributed by atoms with Gasteiger partial charge in [0.1, 0.15) is 5.54 Å². The van der Waals surface area contributed by atoms with E-state index in [-0.39, 0.29) is 17.9 Å². The van der Waals surface area contributed by atoms with Gasteiger partial charge in [-0.05, 0) is 70.6 Å². The molecule has 0 aromatic rings. The minimum Gasteiger partial charge on any atom is -0.323 e. The number of rotatable bonds is 3. The van der Waals surface area contributed by atoms with Crippen LogP contribution in [0.25, 0.3) is 0 Å². The number of likely N-dealkylation sites (tertiary alicyclic amines) is 1. The van der Waals surface area contributed by atoms with E-state index >= 15 is 0 Å². The summed E-state index contributed by atoms with van der Waals surface area (Å²) in [5.74, 6) is 0.840. The lowest BCUT2D eigenvalue weighted by Gasteiger charge is -2.40. The molecule has 0 bridgehead atoms. The second kappa shape index (κ2) is 5.93. The zero-order valence-corrected chi connectivity index (χ0v) is 12.8. The van der Waals surface area contributed by atoms with Gasteiger partial charge in [0.25, 0.3) is 5.91 Å². The van der Waals surface area contributed by atoms with Crippen molar-refractivity contribution < 1.29 is 9.59 Å². The van der Waals surface area contributed by atoms with Gasteiger partial charge in [-0.2, -0.15) is 0 Å². The minimum atomic E-state index is -0.713. The molecule has 3 heterocycles. The lowest BCUT2D eigenvalue weighted by molar-refractivity contribution is -0.125. The van der Waals surface area contributed by atoms with Gasteiger partial charge < -0.3 is 15.5 Å². The molecule has 3 fully saturated rings. The van der Waals surface area contributed by atoms with Crippen molar-refractivity contribution in [2.75, 3.05) is 32.7 Å². The number of piperidine rings is 2. The first kappa shape index (κ1) is 14.8. The van der Waals surface area contributed by atoms with Crippen molar-refractivity contribution >= 4 is 11.9 Å². The molecule has 2 atom stereocenters. The fraction of sp³-hybridized carbons (Fsp3) is 0.867. The summed E-state index contributed by atoms with van der Waals surface area (Å²) in [7, 11) is 0. The van der Waals surface area contributed by atoms with Gasteiger partial charge in [-0.15, -0.1) is 0 Å². The van der Waals surface area contributed by atoms with Crippen LogP contribution in [0.4, 0.5) is 4.79 Å². The van der Waals surface area contributed by atoms with Gasteiger partial charge in [-0.1, -0.05) is 0 Å². The summed E-state index contributed by atoms with van der Waals surface area (Å²) in [6.07, 6.45) is 4.56. The molecule has 3 aliphatic rings. The molecule has 118 valence electrons. The van der Waals surface area contributed by atoms with E-state index < -0.39 is 5.54 Å². The van der Waals surface area contributed by atoms with E-state index in [1.807, 2.05) is 6.92 Å². The number of urea groups is 1. The van der Waals surface area contributed by atoms with Gasteiger partial charge >= 0.3 is 6.03 Å². The van der Waals surface area contributed by atoms with Crippen molar-refractivity contribution in [3.05, 3.63) is 0 Å². The second-order valence-corrected chi connectivity index (χ2v) is 6.90. The van der Waals surface area contributed by atoms with E-state index in [1.54, 1.807) is 0 Å². The maximum Gasteiger partial charge on any atom is 0.322 e. The van der Waals surface area contributed by atoms with Gasteiger partial charge in [0.05, 0.1) is 0 Å². The Labute approximate surface area is 126 Å². The van der Waals surface area contributed by atoms with Gasteiger partial charge in [-0.25, -0.2) is 4.79 Å². The molecule has 0 spiro atoms. The molecule has 6 heteroatoms. The Morgan fingerprint density at radius 2 is 2.00 bits per heavy atom. The van der Waals surface area contributed by atoms with Crippen LogP contribution in [0.3, 0.4) is 0 Å². The van der Waals surface area contributed by atoms with Crippen molar-refractivity contribution in [3.63, 3.8) is 0 Å². The summed E-state index contributed by atoms with van der Waals surface area (Å²) in [4.78, 5) is 25.9. The normalized spacial score (nSPS) is 35.6. The maximum atomic E-state index is 12.0. The largest absolute Gasteiger partial charge is 0.323 e. The van der Waals surface area contributed by atoms with Crippen molar-refractivity contribution in [2.24, 2.45) is 11.8 Å². The molecule has 6 nitrogen and oxygen atoms in total. The van der Waals surface area contributed by atoms with E-state index in [9.17, 15) is 9.59 Å².